The fourth-order valence-electron chi connectivity index (χ4n) is 4.85. The Balaban J connectivity index is 1.12. The zero-order valence-corrected chi connectivity index (χ0v) is 18.4. The van der Waals surface area contributed by atoms with Crippen LogP contribution in [0.5, 0.6) is 11.5 Å². The molecule has 2 aliphatic rings. The summed E-state index contributed by atoms with van der Waals surface area (Å²) in [6, 6.07) is 26.6. The van der Waals surface area contributed by atoms with Crippen LogP contribution in [0.25, 0.3) is 0 Å². The Labute approximate surface area is 189 Å². The normalized spacial score (nSPS) is 19.8. The second kappa shape index (κ2) is 9.05. The van der Waals surface area contributed by atoms with E-state index in [9.17, 15) is 4.79 Å². The molecule has 3 aromatic rings. The van der Waals surface area contributed by atoms with Gasteiger partial charge >= 0.3 is 6.03 Å². The minimum absolute atomic E-state index is 0.00668. The first-order valence-electron chi connectivity index (χ1n) is 11.3. The van der Waals surface area contributed by atoms with Gasteiger partial charge in [0.2, 0.25) is 0 Å². The fraction of sp³-hybridized carbons (Fsp3) is 0.296. The number of urea groups is 1. The summed E-state index contributed by atoms with van der Waals surface area (Å²) in [5, 5.41) is 3.05. The lowest BCUT2D eigenvalue weighted by Gasteiger charge is -2.34. The molecule has 0 aromatic heterocycles. The molecule has 0 spiro atoms. The van der Waals surface area contributed by atoms with Crippen LogP contribution in [-0.4, -0.2) is 47.5 Å². The summed E-state index contributed by atoms with van der Waals surface area (Å²) in [5.74, 6) is 1.54. The molecule has 2 atom stereocenters. The zero-order valence-electron chi connectivity index (χ0n) is 18.4. The predicted molar refractivity (Wildman–Crippen MR) is 127 cm³/mol. The number of piperazine rings is 1. The first-order valence-corrected chi connectivity index (χ1v) is 11.3. The molecule has 2 saturated heterocycles. The Morgan fingerprint density at radius 3 is 2.34 bits per heavy atom. The summed E-state index contributed by atoms with van der Waals surface area (Å²) in [5.41, 5.74) is 3.57. The number of nitrogens with one attached hydrogen (secondary N) is 1. The Hall–Kier alpha value is -3.31. The van der Waals surface area contributed by atoms with Crippen molar-refractivity contribution in [1.29, 1.82) is 0 Å². The average molecular weight is 428 g/mol. The Kier molecular flexibility index (Phi) is 5.82. The minimum Gasteiger partial charge on any atom is -0.457 e. The number of fused-ring (bicyclic) bond motifs is 2. The summed E-state index contributed by atoms with van der Waals surface area (Å²) in [6.45, 7) is 5.01. The molecule has 5 rings (SSSR count). The van der Waals surface area contributed by atoms with Gasteiger partial charge in [0.25, 0.3) is 0 Å². The van der Waals surface area contributed by atoms with E-state index in [0.717, 1.165) is 49.7 Å². The molecule has 2 heterocycles. The van der Waals surface area contributed by atoms with Crippen LogP contribution >= 0.6 is 0 Å². The molecule has 2 unspecified atom stereocenters. The maximum absolute atomic E-state index is 12.9. The molecule has 0 saturated carbocycles. The van der Waals surface area contributed by atoms with Gasteiger partial charge in [0, 0.05) is 37.4 Å². The van der Waals surface area contributed by atoms with E-state index in [1.165, 1.54) is 11.1 Å². The van der Waals surface area contributed by atoms with Crippen molar-refractivity contribution in [2.75, 3.05) is 25.0 Å². The van der Waals surface area contributed by atoms with E-state index >= 15 is 0 Å². The van der Waals surface area contributed by atoms with E-state index < -0.39 is 0 Å². The van der Waals surface area contributed by atoms with E-state index in [4.69, 9.17) is 4.74 Å². The van der Waals surface area contributed by atoms with Gasteiger partial charge < -0.3 is 15.0 Å². The first kappa shape index (κ1) is 20.6. The van der Waals surface area contributed by atoms with E-state index in [1.807, 2.05) is 59.5 Å². The van der Waals surface area contributed by atoms with Gasteiger partial charge in [0.05, 0.1) is 0 Å². The molecule has 0 aliphatic carbocycles. The van der Waals surface area contributed by atoms with Gasteiger partial charge in [0.15, 0.2) is 0 Å². The van der Waals surface area contributed by atoms with Crippen LogP contribution in [0.1, 0.15) is 17.5 Å². The number of amides is 2. The number of rotatable bonds is 6. The molecule has 2 amide bonds. The Morgan fingerprint density at radius 2 is 1.62 bits per heavy atom. The minimum atomic E-state index is -0.00668. The number of ether oxygens (including phenoxy) is 1. The van der Waals surface area contributed by atoms with Gasteiger partial charge in [-0.2, -0.15) is 0 Å². The standard InChI is InChI=1S/C27H29N3O2/c1-20-7-5-6-8-21(20)15-16-29-18-24-17-23(29)19-30(24)27(31)28-22-11-13-26(14-12-22)32-25-9-3-2-4-10-25/h2-14,23-24H,15-19H2,1H3,(H,28,31). The van der Waals surface area contributed by atoms with Crippen molar-refractivity contribution in [3.8, 4) is 11.5 Å². The smallest absolute Gasteiger partial charge is 0.322 e. The highest BCUT2D eigenvalue weighted by molar-refractivity contribution is 5.90. The van der Waals surface area contributed by atoms with Crippen molar-refractivity contribution in [2.45, 2.75) is 31.8 Å². The summed E-state index contributed by atoms with van der Waals surface area (Å²) in [6.07, 6.45) is 2.14. The van der Waals surface area contributed by atoms with Crippen LogP contribution in [0.15, 0.2) is 78.9 Å². The van der Waals surface area contributed by atoms with Crippen LogP contribution in [0.4, 0.5) is 10.5 Å². The second-order valence-electron chi connectivity index (χ2n) is 8.74. The molecule has 164 valence electrons. The third-order valence-electron chi connectivity index (χ3n) is 6.63. The molecule has 1 N–H and O–H groups in total. The Morgan fingerprint density at radius 1 is 0.906 bits per heavy atom. The van der Waals surface area contributed by atoms with Gasteiger partial charge in [-0.05, 0) is 67.3 Å². The van der Waals surface area contributed by atoms with Crippen molar-refractivity contribution in [2.24, 2.45) is 0 Å². The maximum atomic E-state index is 12.9. The highest BCUT2D eigenvalue weighted by atomic mass is 16.5. The summed E-state index contributed by atoms with van der Waals surface area (Å²) in [4.78, 5) is 17.4. The van der Waals surface area contributed by atoms with Gasteiger partial charge in [0.1, 0.15) is 11.5 Å². The number of hydrogen-bond acceptors (Lipinski definition) is 3. The van der Waals surface area contributed by atoms with Crippen LogP contribution < -0.4 is 10.1 Å². The molecule has 3 aromatic carbocycles. The van der Waals surface area contributed by atoms with E-state index in [-0.39, 0.29) is 6.03 Å². The van der Waals surface area contributed by atoms with E-state index in [0.29, 0.717) is 12.1 Å². The lowest BCUT2D eigenvalue weighted by atomic mass is 10.1. The van der Waals surface area contributed by atoms with Crippen molar-refractivity contribution >= 4 is 11.7 Å². The van der Waals surface area contributed by atoms with Crippen LogP contribution in [0, 0.1) is 6.92 Å². The third-order valence-corrected chi connectivity index (χ3v) is 6.63. The van der Waals surface area contributed by atoms with Crippen LogP contribution in [0.2, 0.25) is 0 Å². The van der Waals surface area contributed by atoms with Crippen molar-refractivity contribution in [3.05, 3.63) is 90.0 Å². The summed E-state index contributed by atoms with van der Waals surface area (Å²) >= 11 is 0. The number of carbonyl (C=O) groups excluding carboxylic acids is 1. The molecule has 2 aliphatic heterocycles. The highest BCUT2D eigenvalue weighted by Gasteiger charge is 2.44. The van der Waals surface area contributed by atoms with E-state index in [1.54, 1.807) is 0 Å². The molecule has 0 radical (unpaired) electrons. The molecule has 2 bridgehead atoms. The molecule has 32 heavy (non-hydrogen) atoms. The molecule has 5 nitrogen and oxygen atoms in total. The van der Waals surface area contributed by atoms with Crippen molar-refractivity contribution in [3.63, 3.8) is 0 Å². The number of aryl methyl sites for hydroxylation is 1. The lowest BCUT2D eigenvalue weighted by molar-refractivity contribution is 0.145. The lowest BCUT2D eigenvalue weighted by Crippen LogP contribution is -2.50. The van der Waals surface area contributed by atoms with Crippen molar-refractivity contribution in [1.82, 2.24) is 9.80 Å². The Bertz CT molecular complexity index is 1070. The number of anilines is 1. The zero-order chi connectivity index (χ0) is 21.9. The highest BCUT2D eigenvalue weighted by Crippen LogP contribution is 2.31. The SMILES string of the molecule is Cc1ccccc1CCN1CC2CC1CN2C(=O)Nc1ccc(Oc2ccccc2)cc1. The van der Waals surface area contributed by atoms with Crippen molar-refractivity contribution < 1.29 is 9.53 Å². The summed E-state index contributed by atoms with van der Waals surface area (Å²) < 4.78 is 5.82. The van der Waals surface area contributed by atoms with Gasteiger partial charge in [-0.1, -0.05) is 42.5 Å². The van der Waals surface area contributed by atoms with Gasteiger partial charge in [-0.3, -0.25) is 4.90 Å². The van der Waals surface area contributed by atoms with E-state index in [2.05, 4.69) is 41.4 Å². The third kappa shape index (κ3) is 4.48. The number of likely N-dealkylation sites (tertiary alicyclic amines) is 2. The van der Waals surface area contributed by atoms with Gasteiger partial charge in [-0.15, -0.1) is 0 Å². The predicted octanol–water partition coefficient (Wildman–Crippen LogP) is 5.32. The maximum Gasteiger partial charge on any atom is 0.322 e. The van der Waals surface area contributed by atoms with Crippen LogP contribution in [0.3, 0.4) is 0 Å². The first-order chi connectivity index (χ1) is 15.7. The monoisotopic (exact) mass is 427 g/mol. The fourth-order valence-corrected chi connectivity index (χ4v) is 4.85. The number of hydrogen-bond donors (Lipinski definition) is 1. The largest absolute Gasteiger partial charge is 0.457 e. The molecular formula is C27H29N3O2. The molecule has 2 fully saturated rings. The topological polar surface area (TPSA) is 44.8 Å². The molecular weight excluding hydrogens is 398 g/mol. The number of carbonyl (C=O) groups is 1. The number of nitrogens with zero attached hydrogens (tertiary/aromatic N) is 2. The number of para-hydroxylation sites is 1. The summed E-state index contributed by atoms with van der Waals surface area (Å²) in [7, 11) is 0. The van der Waals surface area contributed by atoms with Gasteiger partial charge in [-0.25, -0.2) is 4.79 Å². The molecule has 5 heteroatoms. The number of benzene rings is 3. The average Bonchev–Trinajstić information content (AvgIpc) is 3.41. The quantitative estimate of drug-likeness (QED) is 0.579. The second-order valence-corrected chi connectivity index (χ2v) is 8.74. The van der Waals surface area contributed by atoms with Crippen LogP contribution in [-0.2, 0) is 6.42 Å².